The molecule has 88 valence electrons. The Labute approximate surface area is 107 Å². The smallest absolute Gasteiger partial charge is 0.226 e. The maximum Gasteiger partial charge on any atom is 0.226 e. The molecular formula is C11H7Cl2FN2O. The molecular weight excluding hydrogens is 266 g/mol. The van der Waals surface area contributed by atoms with E-state index in [2.05, 4.69) is 9.97 Å². The van der Waals surface area contributed by atoms with Crippen LogP contribution in [0, 0.1) is 12.7 Å². The highest BCUT2D eigenvalue weighted by molar-refractivity contribution is 6.30. The Morgan fingerprint density at radius 2 is 2.06 bits per heavy atom. The van der Waals surface area contributed by atoms with Crippen LogP contribution in [0.3, 0.4) is 0 Å². The number of rotatable bonds is 2. The summed E-state index contributed by atoms with van der Waals surface area (Å²) in [5.74, 6) is 0.193. The van der Waals surface area contributed by atoms with Crippen molar-refractivity contribution in [3.8, 4) is 11.6 Å². The third-order valence-corrected chi connectivity index (χ3v) is 2.47. The van der Waals surface area contributed by atoms with Gasteiger partial charge in [0.25, 0.3) is 0 Å². The molecule has 0 fully saturated rings. The van der Waals surface area contributed by atoms with Crippen LogP contribution in [0.1, 0.15) is 5.56 Å². The van der Waals surface area contributed by atoms with Crippen molar-refractivity contribution in [2.24, 2.45) is 0 Å². The third kappa shape index (κ3) is 2.84. The van der Waals surface area contributed by atoms with Gasteiger partial charge in [0.1, 0.15) is 11.6 Å². The lowest BCUT2D eigenvalue weighted by atomic mass is 10.3. The summed E-state index contributed by atoms with van der Waals surface area (Å²) in [6.07, 6.45) is 1.54. The summed E-state index contributed by atoms with van der Waals surface area (Å²) in [4.78, 5) is 7.72. The summed E-state index contributed by atoms with van der Waals surface area (Å²) in [5, 5.41) is 0.0686. The van der Waals surface area contributed by atoms with Crippen LogP contribution in [0.2, 0.25) is 10.3 Å². The van der Waals surface area contributed by atoms with Crippen molar-refractivity contribution in [1.29, 1.82) is 0 Å². The van der Waals surface area contributed by atoms with Gasteiger partial charge in [-0.25, -0.2) is 9.37 Å². The zero-order valence-corrected chi connectivity index (χ0v) is 10.3. The van der Waals surface area contributed by atoms with Gasteiger partial charge in [0, 0.05) is 17.8 Å². The first kappa shape index (κ1) is 12.1. The highest BCUT2D eigenvalue weighted by Gasteiger charge is 2.07. The molecule has 2 aromatic rings. The van der Waals surface area contributed by atoms with Gasteiger partial charge in [-0.3, -0.25) is 0 Å². The molecule has 1 aromatic heterocycles. The van der Waals surface area contributed by atoms with Gasteiger partial charge in [-0.15, -0.1) is 0 Å². The van der Waals surface area contributed by atoms with Crippen LogP contribution < -0.4 is 4.74 Å². The van der Waals surface area contributed by atoms with Crippen molar-refractivity contribution in [3.05, 3.63) is 46.1 Å². The molecule has 0 saturated carbocycles. The molecule has 3 nitrogen and oxygen atoms in total. The van der Waals surface area contributed by atoms with Gasteiger partial charge in [0.2, 0.25) is 11.2 Å². The van der Waals surface area contributed by atoms with E-state index < -0.39 is 5.82 Å². The monoisotopic (exact) mass is 272 g/mol. The molecule has 0 saturated heterocycles. The van der Waals surface area contributed by atoms with Crippen molar-refractivity contribution >= 4 is 23.2 Å². The molecule has 6 heteroatoms. The number of benzene rings is 1. The van der Waals surface area contributed by atoms with Crippen molar-refractivity contribution in [2.45, 2.75) is 6.92 Å². The third-order valence-electron chi connectivity index (χ3n) is 2.00. The maximum atomic E-state index is 12.9. The molecule has 0 N–H and O–H groups in total. The second kappa shape index (κ2) is 4.85. The lowest BCUT2D eigenvalue weighted by Gasteiger charge is -2.07. The molecule has 0 atom stereocenters. The molecule has 0 radical (unpaired) electrons. The van der Waals surface area contributed by atoms with E-state index in [0.717, 1.165) is 5.56 Å². The van der Waals surface area contributed by atoms with E-state index in [-0.39, 0.29) is 10.3 Å². The van der Waals surface area contributed by atoms with E-state index in [9.17, 15) is 4.39 Å². The zero-order chi connectivity index (χ0) is 12.4. The van der Waals surface area contributed by atoms with Crippen LogP contribution in [-0.2, 0) is 0 Å². The van der Waals surface area contributed by atoms with Crippen LogP contribution in [0.25, 0.3) is 0 Å². The van der Waals surface area contributed by atoms with Gasteiger partial charge in [-0.1, -0.05) is 11.6 Å². The van der Waals surface area contributed by atoms with Crippen LogP contribution in [-0.4, -0.2) is 9.97 Å². The van der Waals surface area contributed by atoms with Crippen LogP contribution in [0.5, 0.6) is 11.6 Å². The average Bonchev–Trinajstić information content (AvgIpc) is 2.29. The SMILES string of the molecule is Cc1cnc(Cl)nc1Oc1ccc(F)c(Cl)c1. The molecule has 0 aliphatic heterocycles. The predicted octanol–water partition coefficient (Wildman–Crippen LogP) is 4.02. The van der Waals surface area contributed by atoms with Gasteiger partial charge >= 0.3 is 0 Å². The molecule has 0 aliphatic carbocycles. The van der Waals surface area contributed by atoms with Crippen molar-refractivity contribution in [3.63, 3.8) is 0 Å². The quantitative estimate of drug-likeness (QED) is 0.775. The number of hydrogen-bond donors (Lipinski definition) is 0. The number of nitrogens with zero attached hydrogens (tertiary/aromatic N) is 2. The number of ether oxygens (including phenoxy) is 1. The zero-order valence-electron chi connectivity index (χ0n) is 8.75. The summed E-state index contributed by atoms with van der Waals surface area (Å²) < 4.78 is 18.4. The molecule has 0 amide bonds. The molecule has 0 bridgehead atoms. The fraction of sp³-hybridized carbons (Fsp3) is 0.0909. The number of halogens is 3. The summed E-state index contributed by atoms with van der Waals surface area (Å²) in [7, 11) is 0. The van der Waals surface area contributed by atoms with E-state index in [4.69, 9.17) is 27.9 Å². The van der Waals surface area contributed by atoms with Crippen LogP contribution in [0.15, 0.2) is 24.4 Å². The first-order valence-corrected chi connectivity index (χ1v) is 5.44. The fourth-order valence-electron chi connectivity index (χ4n) is 1.16. The Balaban J connectivity index is 2.31. The van der Waals surface area contributed by atoms with Gasteiger partial charge in [-0.2, -0.15) is 4.98 Å². The predicted molar refractivity (Wildman–Crippen MR) is 63.3 cm³/mol. The Hall–Kier alpha value is -1.39. The van der Waals surface area contributed by atoms with E-state index in [1.54, 1.807) is 6.92 Å². The van der Waals surface area contributed by atoms with Gasteiger partial charge in [0.15, 0.2) is 0 Å². The van der Waals surface area contributed by atoms with Crippen LogP contribution >= 0.6 is 23.2 Å². The molecule has 17 heavy (non-hydrogen) atoms. The summed E-state index contributed by atoms with van der Waals surface area (Å²) >= 11 is 11.3. The van der Waals surface area contributed by atoms with Gasteiger partial charge in [0.05, 0.1) is 5.02 Å². The highest BCUT2D eigenvalue weighted by atomic mass is 35.5. The van der Waals surface area contributed by atoms with Crippen LogP contribution in [0.4, 0.5) is 4.39 Å². The van der Waals surface area contributed by atoms with Gasteiger partial charge < -0.3 is 4.74 Å². The highest BCUT2D eigenvalue weighted by Crippen LogP contribution is 2.27. The van der Waals surface area contributed by atoms with E-state index in [1.807, 2.05) is 0 Å². The number of aromatic nitrogens is 2. The minimum atomic E-state index is -0.503. The van der Waals surface area contributed by atoms with Crippen molar-refractivity contribution in [2.75, 3.05) is 0 Å². The topological polar surface area (TPSA) is 35.0 Å². The second-order valence-electron chi connectivity index (χ2n) is 3.31. The Bertz CT molecular complexity index is 563. The summed E-state index contributed by atoms with van der Waals surface area (Å²) in [5.41, 5.74) is 0.717. The van der Waals surface area contributed by atoms with Crippen molar-refractivity contribution in [1.82, 2.24) is 9.97 Å². The Morgan fingerprint density at radius 3 is 2.76 bits per heavy atom. The lowest BCUT2D eigenvalue weighted by molar-refractivity contribution is 0.456. The second-order valence-corrected chi connectivity index (χ2v) is 4.05. The first-order chi connectivity index (χ1) is 8.06. The molecule has 2 rings (SSSR count). The molecule has 0 unspecified atom stereocenters. The summed E-state index contributed by atoms with van der Waals surface area (Å²) in [6.45, 7) is 1.77. The minimum absolute atomic E-state index is 0.0136. The fourth-order valence-corrected chi connectivity index (χ4v) is 1.46. The largest absolute Gasteiger partial charge is 0.439 e. The van der Waals surface area contributed by atoms with E-state index in [0.29, 0.717) is 11.6 Å². The molecule has 1 aromatic carbocycles. The molecule has 0 aliphatic rings. The normalized spacial score (nSPS) is 10.4. The summed E-state index contributed by atoms with van der Waals surface area (Å²) in [6, 6.07) is 4.04. The lowest BCUT2D eigenvalue weighted by Crippen LogP contribution is -1.93. The number of hydrogen-bond acceptors (Lipinski definition) is 3. The molecule has 0 spiro atoms. The standard InChI is InChI=1S/C11H7Cl2FN2O/c1-6-5-15-11(13)16-10(6)17-7-2-3-9(14)8(12)4-7/h2-5H,1H3. The van der Waals surface area contributed by atoms with E-state index >= 15 is 0 Å². The Kier molecular flexibility index (Phi) is 3.45. The minimum Gasteiger partial charge on any atom is -0.439 e. The van der Waals surface area contributed by atoms with E-state index in [1.165, 1.54) is 24.4 Å². The maximum absolute atomic E-state index is 12.9. The van der Waals surface area contributed by atoms with Gasteiger partial charge in [-0.05, 0) is 30.7 Å². The number of aryl methyl sites for hydroxylation is 1. The Morgan fingerprint density at radius 1 is 1.29 bits per heavy atom. The first-order valence-electron chi connectivity index (χ1n) is 4.68. The molecule has 1 heterocycles. The van der Waals surface area contributed by atoms with Crippen molar-refractivity contribution < 1.29 is 9.13 Å². The average molecular weight is 273 g/mol.